The first kappa shape index (κ1) is 26.9. The van der Waals surface area contributed by atoms with Gasteiger partial charge in [0.15, 0.2) is 0 Å². The van der Waals surface area contributed by atoms with Crippen molar-refractivity contribution >= 4 is 64.2 Å². The van der Waals surface area contributed by atoms with Crippen molar-refractivity contribution in [2.24, 2.45) is 0 Å². The number of fused-ring (bicyclic) bond motifs is 2. The number of rotatable bonds is 6. The van der Waals surface area contributed by atoms with Crippen molar-refractivity contribution in [1.29, 1.82) is 0 Å². The summed E-state index contributed by atoms with van der Waals surface area (Å²) in [4.78, 5) is 10.4. The molecule has 0 aliphatic heterocycles. The van der Waals surface area contributed by atoms with Crippen LogP contribution in [0.5, 0.6) is 0 Å². The highest BCUT2D eigenvalue weighted by Gasteiger charge is 2.19. The van der Waals surface area contributed by atoms with Gasteiger partial charge in [-0.1, -0.05) is 48.5 Å². The molecule has 1 unspecified atom stereocenters. The molecular weight excluding hydrogens is 583 g/mol. The summed E-state index contributed by atoms with van der Waals surface area (Å²) in [6, 6.07) is 21.8. The molecule has 0 amide bonds. The largest absolute Gasteiger partial charge is 0.768 e. The van der Waals surface area contributed by atoms with E-state index in [0.29, 0.717) is 0 Å². The topological polar surface area (TPSA) is 112 Å². The van der Waals surface area contributed by atoms with E-state index in [1.165, 1.54) is 7.05 Å². The molecule has 0 aliphatic rings. The molecule has 1 atom stereocenters. The molecule has 0 aliphatic carbocycles. The monoisotopic (exact) mass is 604 g/mol. The summed E-state index contributed by atoms with van der Waals surface area (Å²) >= 11 is 0.875. The first-order chi connectivity index (χ1) is 19.2. The highest BCUT2D eigenvalue weighted by Crippen LogP contribution is 2.43. The number of aryl methyl sites for hydroxylation is 2. The third-order valence-corrected chi connectivity index (χ3v) is 11.2. The summed E-state index contributed by atoms with van der Waals surface area (Å²) in [7, 11) is -2.13. The molecule has 2 aromatic heterocycles. The highest BCUT2D eigenvalue weighted by atomic mass is 32.2. The normalized spacial score (nSPS) is 12.8. The van der Waals surface area contributed by atoms with Crippen molar-refractivity contribution in [1.82, 2.24) is 14.7 Å². The van der Waals surface area contributed by atoms with Crippen LogP contribution >= 0.6 is 22.7 Å². The minimum atomic E-state index is -3.52. The van der Waals surface area contributed by atoms with Crippen molar-refractivity contribution in [3.8, 4) is 32.3 Å². The molecule has 1 N–H and O–H groups in total. The molecule has 202 valence electrons. The van der Waals surface area contributed by atoms with Crippen LogP contribution in [0.1, 0.15) is 11.1 Å². The van der Waals surface area contributed by atoms with Crippen LogP contribution in [-0.2, 0) is 21.1 Å². The Labute approximate surface area is 241 Å². The summed E-state index contributed by atoms with van der Waals surface area (Å²) in [6.45, 7) is 4.09. The SMILES string of the molecule is CNS(=O)(=O)c1ccc(-c2nc3c(C)ccc(-c4ccc(C)c5sc(-c6ccc(S(=O)[O-])cc6)nc45)c3s2)cc1. The Kier molecular flexibility index (Phi) is 6.89. The van der Waals surface area contributed by atoms with Crippen LogP contribution in [0.25, 0.3) is 52.7 Å². The van der Waals surface area contributed by atoms with E-state index in [1.807, 2.05) is 6.92 Å². The van der Waals surface area contributed by atoms with Gasteiger partial charge in [-0.2, -0.15) is 0 Å². The summed E-state index contributed by atoms with van der Waals surface area (Å²) in [5.41, 5.74) is 7.67. The van der Waals surface area contributed by atoms with Crippen molar-refractivity contribution < 1.29 is 17.2 Å². The van der Waals surface area contributed by atoms with Gasteiger partial charge in [-0.25, -0.2) is 23.1 Å². The molecule has 6 rings (SSSR count). The van der Waals surface area contributed by atoms with E-state index in [0.717, 1.165) is 63.8 Å². The van der Waals surface area contributed by atoms with Gasteiger partial charge in [-0.05, 0) is 67.4 Å². The van der Waals surface area contributed by atoms with Crippen molar-refractivity contribution in [2.45, 2.75) is 23.6 Å². The van der Waals surface area contributed by atoms with Gasteiger partial charge in [0.2, 0.25) is 10.0 Å². The highest BCUT2D eigenvalue weighted by molar-refractivity contribution is 7.89. The number of thiazole rings is 2. The Hall–Kier alpha value is -3.32. The maximum Gasteiger partial charge on any atom is 0.240 e. The lowest BCUT2D eigenvalue weighted by Crippen LogP contribution is -2.18. The minimum absolute atomic E-state index is 0.203. The van der Waals surface area contributed by atoms with Crippen LogP contribution in [-0.4, -0.2) is 34.2 Å². The first-order valence-corrected chi connectivity index (χ1v) is 16.4. The number of nitrogens with one attached hydrogen (secondary N) is 1. The molecule has 0 radical (unpaired) electrons. The zero-order valence-corrected chi connectivity index (χ0v) is 24.9. The summed E-state index contributed by atoms with van der Waals surface area (Å²) < 4.78 is 51.3. The fourth-order valence-corrected chi connectivity index (χ4v) is 7.87. The predicted octanol–water partition coefficient (Wildman–Crippen LogP) is 6.67. The second-order valence-electron chi connectivity index (χ2n) is 9.24. The number of aromatic nitrogens is 2. The molecule has 4 aromatic carbocycles. The van der Waals surface area contributed by atoms with Gasteiger partial charge in [0.1, 0.15) is 10.0 Å². The number of hydrogen-bond donors (Lipinski definition) is 1. The lowest BCUT2D eigenvalue weighted by atomic mass is 10.0. The molecule has 0 saturated carbocycles. The molecule has 11 heteroatoms. The fraction of sp³-hybridized carbons (Fsp3) is 0.103. The second-order valence-corrected chi connectivity index (χ2v) is 14.1. The standard InChI is InChI=1S/C29H23N3O4S4/c1-16-4-15-23(27-24(16)31-28(38-27)19-8-12-21(13-9-19)40(35,36)30-3)22-14-5-17(2)26-25(22)32-29(37-26)18-6-10-20(11-7-18)39(33)34/h4-15,30H,1-3H3,(H,33,34)/p-1. The lowest BCUT2D eigenvalue weighted by molar-refractivity contribution is 0.537. The molecule has 40 heavy (non-hydrogen) atoms. The van der Waals surface area contributed by atoms with Crippen LogP contribution in [0.2, 0.25) is 0 Å². The third kappa shape index (κ3) is 4.68. The molecule has 0 fully saturated rings. The molecule has 2 heterocycles. The van der Waals surface area contributed by atoms with E-state index in [9.17, 15) is 17.2 Å². The molecule has 0 spiro atoms. The van der Waals surface area contributed by atoms with Crippen LogP contribution in [0.3, 0.4) is 0 Å². The average Bonchev–Trinajstić information content (AvgIpc) is 3.61. The maximum atomic E-state index is 12.1. The Balaban J connectivity index is 1.48. The number of sulfonamides is 1. The minimum Gasteiger partial charge on any atom is -0.768 e. The van der Waals surface area contributed by atoms with Crippen molar-refractivity contribution in [3.05, 3.63) is 83.9 Å². The van der Waals surface area contributed by atoms with Gasteiger partial charge in [-0.3, -0.25) is 4.21 Å². The van der Waals surface area contributed by atoms with E-state index >= 15 is 0 Å². The van der Waals surface area contributed by atoms with Crippen LogP contribution in [0.4, 0.5) is 0 Å². The molecule has 6 aromatic rings. The van der Waals surface area contributed by atoms with Gasteiger partial charge in [0.25, 0.3) is 0 Å². The Morgan fingerprint density at radius 3 is 1.90 bits per heavy atom. The van der Waals surface area contributed by atoms with E-state index in [2.05, 4.69) is 35.9 Å². The quantitative estimate of drug-likeness (QED) is 0.213. The van der Waals surface area contributed by atoms with Crippen molar-refractivity contribution in [3.63, 3.8) is 0 Å². The predicted molar refractivity (Wildman–Crippen MR) is 162 cm³/mol. The number of benzene rings is 4. The van der Waals surface area contributed by atoms with E-state index in [-0.39, 0.29) is 9.79 Å². The van der Waals surface area contributed by atoms with Gasteiger partial charge in [-0.15, -0.1) is 22.7 Å². The number of nitrogens with zero attached hydrogens (tertiary/aromatic N) is 2. The Morgan fingerprint density at radius 1 is 0.725 bits per heavy atom. The molecule has 7 nitrogen and oxygen atoms in total. The summed E-state index contributed by atoms with van der Waals surface area (Å²) in [5.74, 6) is 0. The van der Waals surface area contributed by atoms with Gasteiger partial charge in [0.05, 0.1) is 25.3 Å². The van der Waals surface area contributed by atoms with E-state index in [4.69, 9.17) is 9.97 Å². The van der Waals surface area contributed by atoms with Gasteiger partial charge >= 0.3 is 0 Å². The van der Waals surface area contributed by atoms with E-state index < -0.39 is 21.1 Å². The first-order valence-electron chi connectivity index (χ1n) is 12.2. The number of hydrogen-bond acceptors (Lipinski definition) is 8. The lowest BCUT2D eigenvalue weighted by Gasteiger charge is -2.07. The second kappa shape index (κ2) is 10.3. The summed E-state index contributed by atoms with van der Waals surface area (Å²) in [5, 5.41) is 1.62. The maximum absolute atomic E-state index is 12.1. The van der Waals surface area contributed by atoms with Crippen molar-refractivity contribution in [2.75, 3.05) is 7.05 Å². The van der Waals surface area contributed by atoms with Gasteiger partial charge < -0.3 is 4.55 Å². The van der Waals surface area contributed by atoms with Crippen LogP contribution < -0.4 is 4.72 Å². The molecule has 0 bridgehead atoms. The zero-order chi connectivity index (χ0) is 28.2. The van der Waals surface area contributed by atoms with Crippen LogP contribution in [0.15, 0.2) is 82.6 Å². The average molecular weight is 605 g/mol. The fourth-order valence-electron chi connectivity index (χ4n) is 4.55. The van der Waals surface area contributed by atoms with Crippen LogP contribution in [0, 0.1) is 13.8 Å². The smallest absolute Gasteiger partial charge is 0.240 e. The molecule has 0 saturated heterocycles. The summed E-state index contributed by atoms with van der Waals surface area (Å²) in [6.07, 6.45) is 0. The molecular formula is C29H22N3O4S4-. The zero-order valence-electron chi connectivity index (χ0n) is 21.6. The van der Waals surface area contributed by atoms with E-state index in [1.54, 1.807) is 71.2 Å². The Bertz CT molecular complexity index is 2050. The van der Waals surface area contributed by atoms with Gasteiger partial charge in [0, 0.05) is 27.1 Å². The Morgan fingerprint density at radius 2 is 1.27 bits per heavy atom. The third-order valence-electron chi connectivity index (χ3n) is 6.75.